The van der Waals surface area contributed by atoms with Crippen LogP contribution in [0.15, 0.2) is 61.1 Å². The number of hydrogen-bond acceptors (Lipinski definition) is 9. The van der Waals surface area contributed by atoms with Crippen molar-refractivity contribution in [3.05, 3.63) is 72.4 Å². The van der Waals surface area contributed by atoms with Crippen molar-refractivity contribution < 1.29 is 35.9 Å². The van der Waals surface area contributed by atoms with Crippen LogP contribution in [0, 0.1) is 5.82 Å². The molecule has 4 N–H and O–H groups in total. The van der Waals surface area contributed by atoms with Crippen LogP contribution in [0.2, 0.25) is 0 Å². The van der Waals surface area contributed by atoms with E-state index in [0.29, 0.717) is 46.3 Å². The zero-order valence-electron chi connectivity index (χ0n) is 28.6. The van der Waals surface area contributed by atoms with Crippen molar-refractivity contribution in [2.24, 2.45) is 0 Å². The standard InChI is InChI=1S/C35H40F3N7O5S/c1-21(22-10-13-25(36)14-11-22)49-28-17-23(12-15-27(28)44-51(47,48)34(37)38)31-30-32(43-42-31)26(19-40-33(30)39)24-18-41-45(20-24)16-8-6-5-7-9-29(46)50-35(2,3)4/h10-15,17-21,34,44H,5-9,16H2,1-4H3,(H2,39,40)(H,42,43)/t21-/m0/s1. The predicted molar refractivity (Wildman–Crippen MR) is 188 cm³/mol. The zero-order valence-corrected chi connectivity index (χ0v) is 29.4. The minimum atomic E-state index is -5.03. The third-order valence-electron chi connectivity index (χ3n) is 7.89. The van der Waals surface area contributed by atoms with E-state index in [1.807, 2.05) is 36.4 Å². The number of ether oxygens (including phenoxy) is 2. The van der Waals surface area contributed by atoms with E-state index in [1.54, 1.807) is 19.3 Å². The first-order valence-electron chi connectivity index (χ1n) is 16.3. The van der Waals surface area contributed by atoms with Gasteiger partial charge in [0, 0.05) is 42.0 Å². The Hall–Kier alpha value is -5.12. The van der Waals surface area contributed by atoms with Crippen LogP contribution < -0.4 is 15.2 Å². The van der Waals surface area contributed by atoms with E-state index >= 15 is 0 Å². The number of carbonyl (C=O) groups excluding carboxylic acids is 1. The third-order valence-corrected chi connectivity index (χ3v) is 8.87. The number of nitrogens with zero attached hydrogens (tertiary/aromatic N) is 4. The van der Waals surface area contributed by atoms with Crippen LogP contribution in [0.5, 0.6) is 5.75 Å². The number of pyridine rings is 1. The maximum Gasteiger partial charge on any atom is 0.355 e. The first-order valence-corrected chi connectivity index (χ1v) is 17.9. The van der Waals surface area contributed by atoms with Crippen LogP contribution in [0.4, 0.5) is 24.7 Å². The van der Waals surface area contributed by atoms with Gasteiger partial charge in [0.15, 0.2) is 0 Å². The molecule has 1 atom stereocenters. The number of aromatic nitrogens is 5. The molecule has 0 bridgehead atoms. The number of unbranched alkanes of at least 4 members (excludes halogenated alkanes) is 3. The van der Waals surface area contributed by atoms with Crippen LogP contribution in [0.1, 0.15) is 71.5 Å². The van der Waals surface area contributed by atoms with Crippen molar-refractivity contribution in [3.8, 4) is 28.1 Å². The molecule has 3 aromatic heterocycles. The van der Waals surface area contributed by atoms with Gasteiger partial charge in [0.1, 0.15) is 34.8 Å². The Morgan fingerprint density at radius 1 is 1.04 bits per heavy atom. The summed E-state index contributed by atoms with van der Waals surface area (Å²) < 4.78 is 79.4. The first-order chi connectivity index (χ1) is 24.1. The lowest BCUT2D eigenvalue weighted by Crippen LogP contribution is -2.23. The Labute approximate surface area is 293 Å². The van der Waals surface area contributed by atoms with E-state index in [1.165, 1.54) is 42.5 Å². The number of nitrogen functional groups attached to an aromatic ring is 1. The summed E-state index contributed by atoms with van der Waals surface area (Å²) in [4.78, 5) is 16.3. The van der Waals surface area contributed by atoms with E-state index < -0.39 is 33.3 Å². The van der Waals surface area contributed by atoms with Gasteiger partial charge in [-0.25, -0.2) is 17.8 Å². The van der Waals surface area contributed by atoms with E-state index in [9.17, 15) is 26.4 Å². The molecular formula is C35H40F3N7O5S. The molecule has 0 aliphatic rings. The Morgan fingerprint density at radius 3 is 2.47 bits per heavy atom. The average Bonchev–Trinajstić information content (AvgIpc) is 3.72. The highest BCUT2D eigenvalue weighted by molar-refractivity contribution is 7.93. The van der Waals surface area contributed by atoms with Gasteiger partial charge in [0.25, 0.3) is 10.0 Å². The topological polar surface area (TPSA) is 167 Å². The summed E-state index contributed by atoms with van der Waals surface area (Å²) in [6.45, 7) is 7.87. The van der Waals surface area contributed by atoms with Crippen molar-refractivity contribution in [1.29, 1.82) is 0 Å². The van der Waals surface area contributed by atoms with Gasteiger partial charge >= 0.3 is 11.7 Å². The number of H-pyrrole nitrogens is 1. The molecule has 272 valence electrons. The van der Waals surface area contributed by atoms with Gasteiger partial charge in [0.05, 0.1) is 22.8 Å². The number of alkyl halides is 2. The number of aromatic amines is 1. The van der Waals surface area contributed by atoms with Gasteiger partial charge in [0.2, 0.25) is 0 Å². The summed E-state index contributed by atoms with van der Waals surface area (Å²) in [6.07, 6.45) is 8.31. The van der Waals surface area contributed by atoms with Gasteiger partial charge < -0.3 is 15.2 Å². The summed E-state index contributed by atoms with van der Waals surface area (Å²) >= 11 is 0. The molecular weight excluding hydrogens is 687 g/mol. The summed E-state index contributed by atoms with van der Waals surface area (Å²) in [5.41, 5.74) is 9.00. The van der Waals surface area contributed by atoms with Gasteiger partial charge in [-0.15, -0.1) is 0 Å². The second-order valence-electron chi connectivity index (χ2n) is 13.1. The number of halogens is 3. The zero-order chi connectivity index (χ0) is 36.9. The maximum atomic E-state index is 13.5. The Morgan fingerprint density at radius 2 is 1.76 bits per heavy atom. The number of sulfonamides is 1. The van der Waals surface area contributed by atoms with Crippen LogP contribution in [0.25, 0.3) is 33.3 Å². The molecule has 12 nitrogen and oxygen atoms in total. The number of aryl methyl sites for hydroxylation is 1. The highest BCUT2D eigenvalue weighted by Gasteiger charge is 2.27. The minimum Gasteiger partial charge on any atom is -0.484 e. The van der Waals surface area contributed by atoms with Crippen molar-refractivity contribution in [3.63, 3.8) is 0 Å². The van der Waals surface area contributed by atoms with Crippen molar-refractivity contribution in [1.82, 2.24) is 25.0 Å². The van der Waals surface area contributed by atoms with Crippen molar-refractivity contribution >= 4 is 38.4 Å². The number of benzene rings is 2. The molecule has 0 radical (unpaired) electrons. The molecule has 0 fully saturated rings. The molecule has 0 spiro atoms. The molecule has 0 saturated heterocycles. The minimum absolute atomic E-state index is 0.0708. The SMILES string of the molecule is C[C@H](Oc1cc(-c2n[nH]c3c(-c4cnn(CCCCCCC(=O)OC(C)(C)C)c4)cnc(N)c23)ccc1NS(=O)(=O)C(F)F)c1ccc(F)cc1. The number of nitrogens with one attached hydrogen (secondary N) is 2. The van der Waals surface area contributed by atoms with Crippen LogP contribution in [-0.4, -0.2) is 50.7 Å². The molecule has 16 heteroatoms. The number of hydrogen-bond donors (Lipinski definition) is 3. The summed E-state index contributed by atoms with van der Waals surface area (Å²) in [5.74, 6) is -4.23. The second-order valence-corrected chi connectivity index (χ2v) is 14.7. The lowest BCUT2D eigenvalue weighted by atomic mass is 10.0. The molecule has 5 aromatic rings. The third kappa shape index (κ3) is 9.36. The number of rotatable bonds is 15. The van der Waals surface area contributed by atoms with Crippen molar-refractivity contribution in [2.75, 3.05) is 10.5 Å². The number of carbonyl (C=O) groups is 1. The fraction of sp³-hybridized carbons (Fsp3) is 0.371. The number of anilines is 2. The average molecular weight is 728 g/mol. The number of fused-ring (bicyclic) bond motifs is 1. The van der Waals surface area contributed by atoms with Gasteiger partial charge in [-0.2, -0.15) is 19.0 Å². The fourth-order valence-electron chi connectivity index (χ4n) is 5.43. The molecule has 2 aromatic carbocycles. The van der Waals surface area contributed by atoms with Crippen LogP contribution in [0.3, 0.4) is 0 Å². The molecule has 5 rings (SSSR count). The summed E-state index contributed by atoms with van der Waals surface area (Å²) in [6, 6.07) is 9.73. The highest BCUT2D eigenvalue weighted by atomic mass is 32.2. The summed E-state index contributed by atoms with van der Waals surface area (Å²) in [7, 11) is -5.03. The first kappa shape index (κ1) is 37.1. The molecule has 0 unspecified atom stereocenters. The molecule has 0 aliphatic heterocycles. The van der Waals surface area contributed by atoms with Gasteiger partial charge in [-0.3, -0.25) is 19.3 Å². The normalized spacial score (nSPS) is 12.7. The van der Waals surface area contributed by atoms with E-state index in [0.717, 1.165) is 31.2 Å². The monoisotopic (exact) mass is 727 g/mol. The fourth-order valence-corrected chi connectivity index (χ4v) is 6.00. The highest BCUT2D eigenvalue weighted by Crippen LogP contribution is 2.39. The molecule has 0 saturated carbocycles. The smallest absolute Gasteiger partial charge is 0.355 e. The number of nitrogens with two attached hydrogens (primary N) is 1. The van der Waals surface area contributed by atoms with E-state index in [4.69, 9.17) is 15.2 Å². The summed E-state index contributed by atoms with van der Waals surface area (Å²) in [5, 5.41) is 12.5. The molecule has 0 amide bonds. The van der Waals surface area contributed by atoms with E-state index in [2.05, 4.69) is 20.3 Å². The van der Waals surface area contributed by atoms with Crippen LogP contribution >= 0.6 is 0 Å². The largest absolute Gasteiger partial charge is 0.484 e. The second kappa shape index (κ2) is 15.4. The lowest BCUT2D eigenvalue weighted by Gasteiger charge is -2.19. The molecule has 3 heterocycles. The van der Waals surface area contributed by atoms with Gasteiger partial charge in [-0.1, -0.05) is 31.0 Å². The quantitative estimate of drug-likeness (QED) is 0.0727. The Bertz CT molecular complexity index is 2090. The maximum absolute atomic E-state index is 13.5. The van der Waals surface area contributed by atoms with Crippen molar-refractivity contribution in [2.45, 2.75) is 83.8 Å². The predicted octanol–water partition coefficient (Wildman–Crippen LogP) is 7.61. The Balaban J connectivity index is 1.36. The van der Waals surface area contributed by atoms with Gasteiger partial charge in [-0.05, 0) is 70.4 Å². The lowest BCUT2D eigenvalue weighted by molar-refractivity contribution is -0.154. The number of esters is 1. The van der Waals surface area contributed by atoms with E-state index in [-0.39, 0.29) is 23.2 Å². The Kier molecular flexibility index (Phi) is 11.2. The van der Waals surface area contributed by atoms with Crippen LogP contribution in [-0.2, 0) is 26.1 Å². The molecule has 0 aliphatic carbocycles. The molecule has 51 heavy (non-hydrogen) atoms.